The van der Waals surface area contributed by atoms with Crippen molar-refractivity contribution in [1.82, 2.24) is 4.90 Å². The zero-order chi connectivity index (χ0) is 16.8. The first-order chi connectivity index (χ1) is 11.0. The predicted octanol–water partition coefficient (Wildman–Crippen LogP) is 1.83. The summed E-state index contributed by atoms with van der Waals surface area (Å²) in [4.78, 5) is 25.7. The number of carbonyl (C=O) groups is 2. The van der Waals surface area contributed by atoms with Crippen molar-refractivity contribution in [2.75, 3.05) is 25.1 Å². The maximum absolute atomic E-state index is 12.9. The average Bonchev–Trinajstić information content (AvgIpc) is 2.54. The number of benzene rings is 1. The van der Waals surface area contributed by atoms with E-state index in [-0.39, 0.29) is 12.5 Å². The number of hydrogen-bond donors (Lipinski definition) is 2. The summed E-state index contributed by atoms with van der Waals surface area (Å²) in [6, 6.07) is 8.14. The molecule has 0 radical (unpaired) electrons. The largest absolute Gasteiger partial charge is 0.480 e. The second-order valence-electron chi connectivity index (χ2n) is 6.15. The molecular weight excluding hydrogens is 296 g/mol. The highest BCUT2D eigenvalue weighted by atomic mass is 16.5. The molecule has 2 atom stereocenters. The van der Waals surface area contributed by atoms with Crippen LogP contribution in [-0.4, -0.2) is 53.7 Å². The van der Waals surface area contributed by atoms with Gasteiger partial charge in [-0.15, -0.1) is 0 Å². The van der Waals surface area contributed by atoms with Gasteiger partial charge in [-0.25, -0.2) is 4.79 Å². The number of nitrogens with one attached hydrogen (secondary N) is 1. The zero-order valence-electron chi connectivity index (χ0n) is 13.6. The number of para-hydroxylation sites is 1. The number of amides is 1. The number of carbonyl (C=O) groups excluding carboxylic acids is 1. The van der Waals surface area contributed by atoms with Gasteiger partial charge in [-0.1, -0.05) is 32.0 Å². The van der Waals surface area contributed by atoms with Gasteiger partial charge in [0.05, 0.1) is 13.2 Å². The highest BCUT2D eigenvalue weighted by Gasteiger charge is 2.36. The first kappa shape index (κ1) is 17.3. The van der Waals surface area contributed by atoms with Crippen molar-refractivity contribution < 1.29 is 19.4 Å². The number of anilines is 1. The molecular formula is C17H24N2O4. The van der Waals surface area contributed by atoms with Gasteiger partial charge in [0, 0.05) is 12.2 Å². The van der Waals surface area contributed by atoms with Crippen LogP contribution in [0.4, 0.5) is 5.69 Å². The standard InChI is InChI=1S/C17H24N2O4/c1-12(2)10-14(18-13-6-4-3-5-7-13)16(20)19-8-9-23-11-15(19)17(21)22/h3-7,12,14-15,18H,8-11H2,1-2H3,(H,21,22). The Morgan fingerprint density at radius 3 is 2.65 bits per heavy atom. The number of ether oxygens (including phenoxy) is 1. The lowest BCUT2D eigenvalue weighted by Gasteiger charge is -2.36. The van der Waals surface area contributed by atoms with E-state index in [9.17, 15) is 14.7 Å². The molecule has 1 aromatic carbocycles. The normalized spacial score (nSPS) is 19.4. The Hall–Kier alpha value is -2.08. The molecule has 2 unspecified atom stereocenters. The lowest BCUT2D eigenvalue weighted by molar-refractivity contribution is -0.158. The van der Waals surface area contributed by atoms with E-state index in [4.69, 9.17) is 4.74 Å². The number of carboxylic acids is 1. The molecule has 23 heavy (non-hydrogen) atoms. The van der Waals surface area contributed by atoms with Gasteiger partial charge in [-0.05, 0) is 24.5 Å². The van der Waals surface area contributed by atoms with Crippen molar-refractivity contribution in [2.45, 2.75) is 32.4 Å². The summed E-state index contributed by atoms with van der Waals surface area (Å²) >= 11 is 0. The highest BCUT2D eigenvalue weighted by molar-refractivity contribution is 5.89. The number of nitrogens with zero attached hydrogens (tertiary/aromatic N) is 1. The summed E-state index contributed by atoms with van der Waals surface area (Å²) in [6.45, 7) is 4.80. The van der Waals surface area contributed by atoms with Gasteiger partial charge >= 0.3 is 5.97 Å². The Bertz CT molecular complexity index is 533. The second-order valence-corrected chi connectivity index (χ2v) is 6.15. The summed E-state index contributed by atoms with van der Waals surface area (Å²) in [6.07, 6.45) is 0.636. The molecule has 0 aromatic heterocycles. The van der Waals surface area contributed by atoms with E-state index in [2.05, 4.69) is 5.32 Å². The van der Waals surface area contributed by atoms with Crippen LogP contribution in [0.1, 0.15) is 20.3 Å². The minimum absolute atomic E-state index is 0.0425. The SMILES string of the molecule is CC(C)CC(Nc1ccccc1)C(=O)N1CCOCC1C(=O)O. The van der Waals surface area contributed by atoms with Gasteiger partial charge < -0.3 is 20.1 Å². The molecule has 0 saturated carbocycles. The molecule has 1 aliphatic rings. The topological polar surface area (TPSA) is 78.9 Å². The summed E-state index contributed by atoms with van der Waals surface area (Å²) < 4.78 is 5.21. The molecule has 1 saturated heterocycles. The van der Waals surface area contributed by atoms with Crippen LogP contribution in [0.3, 0.4) is 0 Å². The quantitative estimate of drug-likeness (QED) is 0.836. The van der Waals surface area contributed by atoms with Crippen molar-refractivity contribution in [3.8, 4) is 0 Å². The van der Waals surface area contributed by atoms with Crippen molar-refractivity contribution >= 4 is 17.6 Å². The molecule has 1 aliphatic heterocycles. The van der Waals surface area contributed by atoms with Crippen LogP contribution in [0.5, 0.6) is 0 Å². The lowest BCUT2D eigenvalue weighted by atomic mass is 10.0. The van der Waals surface area contributed by atoms with Gasteiger partial charge in [0.15, 0.2) is 6.04 Å². The van der Waals surface area contributed by atoms with Gasteiger partial charge in [-0.3, -0.25) is 4.79 Å². The molecule has 1 fully saturated rings. The monoisotopic (exact) mass is 320 g/mol. The minimum atomic E-state index is -1.03. The number of hydrogen-bond acceptors (Lipinski definition) is 4. The fraction of sp³-hybridized carbons (Fsp3) is 0.529. The lowest BCUT2D eigenvalue weighted by Crippen LogP contribution is -2.56. The van der Waals surface area contributed by atoms with E-state index in [1.807, 2.05) is 44.2 Å². The van der Waals surface area contributed by atoms with Gasteiger partial charge in [0.2, 0.25) is 5.91 Å². The second kappa shape index (κ2) is 7.97. The van der Waals surface area contributed by atoms with E-state index in [1.165, 1.54) is 4.90 Å². The Labute approximate surface area is 136 Å². The molecule has 2 N–H and O–H groups in total. The van der Waals surface area contributed by atoms with Crippen molar-refractivity contribution in [3.63, 3.8) is 0 Å². The molecule has 1 aromatic rings. The Balaban J connectivity index is 2.16. The Morgan fingerprint density at radius 1 is 1.35 bits per heavy atom. The predicted molar refractivity (Wildman–Crippen MR) is 87.3 cm³/mol. The first-order valence-corrected chi connectivity index (χ1v) is 7.91. The number of morpholine rings is 1. The third kappa shape index (κ3) is 4.69. The van der Waals surface area contributed by atoms with Crippen molar-refractivity contribution in [3.05, 3.63) is 30.3 Å². The van der Waals surface area contributed by atoms with Crippen LogP contribution in [0.25, 0.3) is 0 Å². The number of aliphatic carboxylic acids is 1. The third-order valence-corrected chi connectivity index (χ3v) is 3.82. The Kier molecular flexibility index (Phi) is 5.98. The maximum Gasteiger partial charge on any atom is 0.328 e. The summed E-state index contributed by atoms with van der Waals surface area (Å²) in [5.41, 5.74) is 0.853. The molecule has 6 nitrogen and oxygen atoms in total. The van der Waals surface area contributed by atoms with Crippen LogP contribution in [-0.2, 0) is 14.3 Å². The molecule has 0 bridgehead atoms. The highest BCUT2D eigenvalue weighted by Crippen LogP contribution is 2.18. The van der Waals surface area contributed by atoms with Gasteiger partial charge in [0.25, 0.3) is 0 Å². The van der Waals surface area contributed by atoms with E-state index in [1.54, 1.807) is 0 Å². The minimum Gasteiger partial charge on any atom is -0.480 e. The van der Waals surface area contributed by atoms with Crippen LogP contribution in [0.15, 0.2) is 30.3 Å². The van der Waals surface area contributed by atoms with Crippen LogP contribution < -0.4 is 5.32 Å². The first-order valence-electron chi connectivity index (χ1n) is 7.91. The molecule has 1 amide bonds. The van der Waals surface area contributed by atoms with Crippen molar-refractivity contribution in [2.24, 2.45) is 5.92 Å². The van der Waals surface area contributed by atoms with E-state index >= 15 is 0 Å². The van der Waals surface area contributed by atoms with Crippen LogP contribution in [0.2, 0.25) is 0 Å². The van der Waals surface area contributed by atoms with Crippen LogP contribution >= 0.6 is 0 Å². The Morgan fingerprint density at radius 2 is 2.04 bits per heavy atom. The average molecular weight is 320 g/mol. The van der Waals surface area contributed by atoms with Gasteiger partial charge in [0.1, 0.15) is 6.04 Å². The fourth-order valence-corrected chi connectivity index (χ4v) is 2.70. The molecule has 2 rings (SSSR count). The molecule has 0 aliphatic carbocycles. The summed E-state index contributed by atoms with van der Waals surface area (Å²) in [7, 11) is 0. The third-order valence-electron chi connectivity index (χ3n) is 3.82. The fourth-order valence-electron chi connectivity index (χ4n) is 2.70. The molecule has 0 spiro atoms. The summed E-state index contributed by atoms with van der Waals surface area (Å²) in [5, 5.41) is 12.6. The molecule has 126 valence electrons. The number of carboxylic acid groups (broad SMARTS) is 1. The van der Waals surface area contributed by atoms with Crippen LogP contribution in [0, 0.1) is 5.92 Å². The van der Waals surface area contributed by atoms with Gasteiger partial charge in [-0.2, -0.15) is 0 Å². The molecule has 1 heterocycles. The number of rotatable bonds is 6. The van der Waals surface area contributed by atoms with E-state index < -0.39 is 18.1 Å². The van der Waals surface area contributed by atoms with E-state index in [0.29, 0.717) is 25.5 Å². The zero-order valence-corrected chi connectivity index (χ0v) is 13.6. The van der Waals surface area contributed by atoms with Crippen molar-refractivity contribution in [1.29, 1.82) is 0 Å². The smallest absolute Gasteiger partial charge is 0.328 e. The molecule has 6 heteroatoms. The summed E-state index contributed by atoms with van der Waals surface area (Å²) in [5.74, 6) is -0.899. The van der Waals surface area contributed by atoms with E-state index in [0.717, 1.165) is 5.69 Å². The maximum atomic E-state index is 12.9.